The van der Waals surface area contributed by atoms with Gasteiger partial charge in [0.15, 0.2) is 22.7 Å². The summed E-state index contributed by atoms with van der Waals surface area (Å²) in [7, 11) is 0. The minimum absolute atomic E-state index is 0. The second-order valence-electron chi connectivity index (χ2n) is 11.5. The van der Waals surface area contributed by atoms with Crippen LogP contribution in [-0.4, -0.2) is 14.8 Å². The van der Waals surface area contributed by atoms with E-state index in [1.54, 1.807) is 25.1 Å². The van der Waals surface area contributed by atoms with Crippen molar-refractivity contribution in [3.05, 3.63) is 194 Å². The van der Waals surface area contributed by atoms with Gasteiger partial charge in [-0.3, -0.25) is 49.7 Å². The minimum Gasteiger partial charge on any atom is -0.512 e. The van der Waals surface area contributed by atoms with E-state index in [-0.39, 0.29) is 72.1 Å². The number of halogens is 6. The van der Waals surface area contributed by atoms with Crippen LogP contribution in [0.25, 0.3) is 19.4 Å². The van der Waals surface area contributed by atoms with Crippen LogP contribution in [0.4, 0.5) is 56.9 Å². The molecule has 0 bridgehead atoms. The van der Waals surface area contributed by atoms with Crippen molar-refractivity contribution >= 4 is 192 Å². The van der Waals surface area contributed by atoms with Crippen molar-refractivity contribution in [1.29, 1.82) is 5.26 Å². The van der Waals surface area contributed by atoms with Crippen LogP contribution < -0.4 is 46.8 Å². The van der Waals surface area contributed by atoms with Crippen LogP contribution in [0, 0.1) is 125 Å². The van der Waals surface area contributed by atoms with E-state index >= 15 is 0 Å². The van der Waals surface area contributed by atoms with E-state index in [0.717, 1.165) is 29.5 Å². The Morgan fingerprint density at radius 3 is 0.939 bits per heavy atom. The Balaban J connectivity index is -0.000000230. The molecule has 0 aliphatic rings. The first-order chi connectivity index (χ1) is 28.9. The summed E-state index contributed by atoms with van der Waals surface area (Å²) in [5, 5.41) is 37.7. The van der Waals surface area contributed by atoms with Gasteiger partial charge >= 0.3 is 58.0 Å². The van der Waals surface area contributed by atoms with Gasteiger partial charge in [-0.25, -0.2) is 0 Å². The maximum absolute atomic E-state index is 10.5. The van der Waals surface area contributed by atoms with E-state index in [1.807, 2.05) is 78.1 Å². The largest absolute Gasteiger partial charge is 1.00 e. The normalized spacial score (nSPS) is 8.55. The van der Waals surface area contributed by atoms with E-state index in [4.69, 9.17) is 55.3 Å². The van der Waals surface area contributed by atoms with Crippen molar-refractivity contribution in [3.8, 4) is 0 Å². The Kier molecular flexibility index (Phi) is 39.4. The number of nitrogens with zero attached hydrogens (tertiary/aromatic N) is 8. The van der Waals surface area contributed by atoms with Crippen molar-refractivity contribution in [1.82, 2.24) is 0 Å². The Morgan fingerprint density at radius 1 is 0.455 bits per heavy atom. The van der Waals surface area contributed by atoms with Crippen LogP contribution in [0.15, 0.2) is 60.7 Å². The minimum atomic E-state index is -0.754. The van der Waals surface area contributed by atoms with Crippen LogP contribution in [0.5, 0.6) is 0 Å². The van der Waals surface area contributed by atoms with Gasteiger partial charge in [-0.05, 0) is 210 Å². The first kappa shape index (κ1) is 72.0. The molecule has 0 aromatic heterocycles. The molecule has 0 radical (unpaired) electrons. The average molecular weight is 1630 g/mol. The Labute approximate surface area is 498 Å². The Bertz CT molecular complexity index is 2470. The van der Waals surface area contributed by atoms with Crippen LogP contribution >= 0.6 is 136 Å². The van der Waals surface area contributed by atoms with Gasteiger partial charge in [0.1, 0.15) is 0 Å². The number of hydrogen-bond donors (Lipinski definition) is 3. The van der Waals surface area contributed by atoms with Gasteiger partial charge in [0.2, 0.25) is 0 Å². The Hall–Kier alpha value is -2.95. The predicted octanol–water partition coefficient (Wildman–Crippen LogP) is 12.2. The first-order valence-electron chi connectivity index (χ1n) is 16.1. The third-order valence-electron chi connectivity index (χ3n) is 7.36. The number of hydrogen-bond acceptors (Lipinski definition) is 10. The number of aryl methyl sites for hydroxylation is 4. The molecular weight excluding hydrogens is 1590 g/mol. The van der Waals surface area contributed by atoms with Gasteiger partial charge in [-0.1, -0.05) is 19.6 Å². The molecule has 0 heterocycles. The molecular formula is C41H35CuI6N11NaO6. The third-order valence-corrected chi connectivity index (χ3v) is 15.8. The summed E-state index contributed by atoms with van der Waals surface area (Å²) in [5.74, 6) is 0. The van der Waals surface area contributed by atoms with Gasteiger partial charge in [-0.15, -0.1) is 0 Å². The molecule has 0 spiro atoms. The van der Waals surface area contributed by atoms with Crippen LogP contribution in [0.2, 0.25) is 0 Å². The molecule has 0 fully saturated rings. The second kappa shape index (κ2) is 36.1. The molecule has 0 amide bonds. The number of nitro groups is 3. The molecule has 66 heavy (non-hydrogen) atoms. The van der Waals surface area contributed by atoms with Crippen molar-refractivity contribution < 1.29 is 61.4 Å². The van der Waals surface area contributed by atoms with Gasteiger partial charge in [0.05, 0.1) is 41.1 Å². The molecule has 5 aromatic rings. The number of anilines is 3. The fourth-order valence-corrected chi connectivity index (χ4v) is 7.15. The van der Waals surface area contributed by atoms with Gasteiger partial charge in [0, 0.05) is 62.2 Å². The van der Waals surface area contributed by atoms with E-state index in [2.05, 4.69) is 116 Å². The zero-order valence-electron chi connectivity index (χ0n) is 34.6. The summed E-state index contributed by atoms with van der Waals surface area (Å²) in [4.78, 5) is 42.4. The molecule has 344 valence electrons. The summed E-state index contributed by atoms with van der Waals surface area (Å²) in [6.45, 7) is 39.3. The van der Waals surface area contributed by atoms with Crippen molar-refractivity contribution in [3.63, 3.8) is 0 Å². The van der Waals surface area contributed by atoms with Crippen molar-refractivity contribution in [2.75, 3.05) is 17.2 Å². The van der Waals surface area contributed by atoms with E-state index < -0.39 is 21.2 Å². The van der Waals surface area contributed by atoms with Gasteiger partial charge < -0.3 is 36.5 Å². The number of nitrogens with two attached hydrogens (primary N) is 3. The average Bonchev–Trinajstić information content (AvgIpc) is 3.22. The van der Waals surface area contributed by atoms with Crippen LogP contribution in [0.3, 0.4) is 0 Å². The maximum Gasteiger partial charge on any atom is 1.00 e. The second-order valence-corrected chi connectivity index (χ2v) is 18.5. The van der Waals surface area contributed by atoms with E-state index in [9.17, 15) is 30.3 Å². The SMILES string of the molecule is C.Cc1cc(I)c(I)cc1N.Cc1cc(I)c(I)cc1[N+](=O)[O-].O=[N+]([O-])c1cc(I)c(I)cc1[N+](=O)[O-].[C-]#N.[C-]#[N+]c1cc(C)c(N)cc1[N+]#[C-].[C-]#[N+]c1cc(C)c(N)cc1[N+]#[C-].[CH3-].[Cu+].[Na+]. The number of benzene rings is 5. The third kappa shape index (κ3) is 23.4. The molecule has 0 saturated carbocycles. The molecule has 0 aliphatic carbocycles. The van der Waals surface area contributed by atoms with Gasteiger partial charge in [0.25, 0.3) is 5.69 Å². The quantitative estimate of drug-likeness (QED) is 0.0385. The smallest absolute Gasteiger partial charge is 0.512 e. The van der Waals surface area contributed by atoms with Crippen molar-refractivity contribution in [2.24, 2.45) is 0 Å². The molecule has 5 rings (SSSR count). The zero-order chi connectivity index (χ0) is 48.2. The fraction of sp³-hybridized carbons (Fsp3) is 0.122. The fourth-order valence-electron chi connectivity index (χ4n) is 4.07. The van der Waals surface area contributed by atoms with Crippen molar-refractivity contribution in [2.45, 2.75) is 35.1 Å². The zero-order valence-corrected chi connectivity index (χ0v) is 50.5. The maximum atomic E-state index is 10.5. The van der Waals surface area contributed by atoms with E-state index in [0.29, 0.717) is 46.8 Å². The molecule has 5 aromatic carbocycles. The molecule has 0 saturated heterocycles. The molecule has 17 nitrogen and oxygen atoms in total. The predicted molar refractivity (Wildman–Crippen MR) is 304 cm³/mol. The Morgan fingerprint density at radius 2 is 0.667 bits per heavy atom. The summed E-state index contributed by atoms with van der Waals surface area (Å²) in [5.41, 5.74) is 23.0. The van der Waals surface area contributed by atoms with Crippen LogP contribution in [0.1, 0.15) is 29.7 Å². The molecule has 25 heteroatoms. The molecule has 6 N–H and O–H groups in total. The van der Waals surface area contributed by atoms with E-state index in [1.165, 1.54) is 31.4 Å². The summed E-state index contributed by atoms with van der Waals surface area (Å²) < 4.78 is 5.72. The topological polar surface area (TPSA) is 249 Å². The molecule has 0 aliphatic heterocycles. The molecule has 0 atom stereocenters. The number of nitro benzene ring substituents is 3. The van der Waals surface area contributed by atoms with Crippen LogP contribution in [-0.2, 0) is 17.1 Å². The number of nitrogen functional groups attached to an aromatic ring is 3. The summed E-state index contributed by atoms with van der Waals surface area (Å²) in [6, 6.07) is 16.2. The van der Waals surface area contributed by atoms with Gasteiger partial charge in [-0.2, -0.15) is 0 Å². The number of rotatable bonds is 3. The first-order valence-corrected chi connectivity index (χ1v) is 22.5. The summed E-state index contributed by atoms with van der Waals surface area (Å²) in [6.07, 6.45) is 0. The standard InChI is InChI=1S/2C9H7N3.C7H5I2NO2.C7H7I2N.C6H2I2N2O4.CN.CH4.CH3.Cu.Na/c2*1-6-4-8(11-2)9(12-3)5-7(6)10;1-4-2-5(8)6(9)3-7(4)10(11)12;1-4-2-5(8)6(9)3-7(4)10;7-3-1-5(9(11)12)6(10(13)14)2-4(3)8;1-2;;;;/h2*4-5H,10H2,1H3;2-3H,1H3;2-3H,10H2,1H3;1-2H;;1H4;1H3;;/q;;;;;-1;;-1;2*+1. The summed E-state index contributed by atoms with van der Waals surface area (Å²) >= 11 is 12.6. The molecule has 0 unspecified atom stereocenters. The monoisotopic (exact) mass is 1620 g/mol.